The molecular formula is C26H24Cl2N4O5. The van der Waals surface area contributed by atoms with Gasteiger partial charge in [0, 0.05) is 18.0 Å². The van der Waals surface area contributed by atoms with Crippen molar-refractivity contribution in [2.75, 3.05) is 5.32 Å². The van der Waals surface area contributed by atoms with E-state index in [2.05, 4.69) is 10.6 Å². The summed E-state index contributed by atoms with van der Waals surface area (Å²) in [6.07, 6.45) is 2.67. The third kappa shape index (κ3) is 6.49. The van der Waals surface area contributed by atoms with E-state index in [-0.39, 0.29) is 30.4 Å². The van der Waals surface area contributed by atoms with Crippen molar-refractivity contribution < 1.29 is 14.0 Å². The monoisotopic (exact) mass is 542 g/mol. The van der Waals surface area contributed by atoms with Gasteiger partial charge in [-0.3, -0.25) is 23.5 Å². The van der Waals surface area contributed by atoms with Crippen molar-refractivity contribution in [2.45, 2.75) is 38.9 Å². The molecule has 0 fully saturated rings. The van der Waals surface area contributed by atoms with Gasteiger partial charge in [0.1, 0.15) is 12.3 Å². The molecule has 192 valence electrons. The lowest BCUT2D eigenvalue weighted by atomic mass is 10.2. The van der Waals surface area contributed by atoms with E-state index in [1.807, 2.05) is 0 Å². The largest absolute Gasteiger partial charge is 0.467 e. The molecule has 37 heavy (non-hydrogen) atoms. The first-order chi connectivity index (χ1) is 17.8. The fourth-order valence-electron chi connectivity index (χ4n) is 3.89. The zero-order valence-corrected chi connectivity index (χ0v) is 21.2. The van der Waals surface area contributed by atoms with Crippen molar-refractivity contribution in [3.8, 4) is 0 Å². The highest BCUT2D eigenvalue weighted by atomic mass is 35.5. The van der Waals surface area contributed by atoms with Crippen LogP contribution in [0.15, 0.2) is 74.9 Å². The maximum atomic E-state index is 13.3. The number of benzene rings is 2. The number of amides is 2. The van der Waals surface area contributed by atoms with Gasteiger partial charge in [0.15, 0.2) is 0 Å². The van der Waals surface area contributed by atoms with Gasteiger partial charge in [-0.15, -0.1) is 0 Å². The number of nitrogens with one attached hydrogen (secondary N) is 2. The third-order valence-corrected chi connectivity index (χ3v) is 6.26. The van der Waals surface area contributed by atoms with Gasteiger partial charge in [-0.2, -0.15) is 0 Å². The van der Waals surface area contributed by atoms with Crippen molar-refractivity contribution in [2.24, 2.45) is 0 Å². The fraction of sp³-hybridized carbons (Fsp3) is 0.231. The molecule has 0 aliphatic heterocycles. The van der Waals surface area contributed by atoms with Crippen molar-refractivity contribution in [3.05, 3.63) is 97.5 Å². The maximum Gasteiger partial charge on any atom is 0.331 e. The van der Waals surface area contributed by atoms with Crippen LogP contribution in [0.2, 0.25) is 10.0 Å². The van der Waals surface area contributed by atoms with Gasteiger partial charge in [0.25, 0.3) is 5.56 Å². The third-order valence-electron chi connectivity index (χ3n) is 5.71. The second-order valence-electron chi connectivity index (χ2n) is 8.33. The Labute approximate surface area is 221 Å². The van der Waals surface area contributed by atoms with Crippen LogP contribution in [0.1, 0.15) is 25.0 Å². The van der Waals surface area contributed by atoms with Crippen LogP contribution in [0.4, 0.5) is 5.69 Å². The van der Waals surface area contributed by atoms with E-state index < -0.39 is 17.2 Å². The zero-order valence-electron chi connectivity index (χ0n) is 19.7. The summed E-state index contributed by atoms with van der Waals surface area (Å²) in [5.41, 5.74) is -0.348. The molecule has 0 spiro atoms. The minimum atomic E-state index is -0.608. The van der Waals surface area contributed by atoms with Crippen LogP contribution in [-0.2, 0) is 29.2 Å². The first-order valence-electron chi connectivity index (χ1n) is 11.6. The van der Waals surface area contributed by atoms with E-state index in [4.69, 9.17) is 27.6 Å². The number of unbranched alkanes of at least 4 members (excludes halogenated alkanes) is 1. The summed E-state index contributed by atoms with van der Waals surface area (Å²) >= 11 is 12.0. The number of nitrogens with zero attached hydrogens (tertiary/aromatic N) is 2. The standard InChI is InChI=1S/C26H24Cl2N4O5/c27-17-10-11-21(20(28)14-17)30-24(34)16-32-22-8-2-1-7-19(22)25(35)31(26(32)36)12-4-3-9-23(33)29-15-18-6-5-13-37-18/h1-2,5-8,10-11,13-14H,3-4,9,12,15-16H2,(H,29,33)(H,30,34). The molecule has 0 aliphatic carbocycles. The summed E-state index contributed by atoms with van der Waals surface area (Å²) in [5.74, 6) is 0.00564. The summed E-state index contributed by atoms with van der Waals surface area (Å²) in [6, 6.07) is 14.8. The average Bonchev–Trinajstić information content (AvgIpc) is 3.40. The second-order valence-corrected chi connectivity index (χ2v) is 9.17. The Kier molecular flexibility index (Phi) is 8.47. The minimum absolute atomic E-state index is 0.110. The van der Waals surface area contributed by atoms with Gasteiger partial charge in [0.2, 0.25) is 11.8 Å². The Morgan fingerprint density at radius 3 is 2.49 bits per heavy atom. The van der Waals surface area contributed by atoms with Gasteiger partial charge in [0.05, 0.1) is 34.4 Å². The van der Waals surface area contributed by atoms with Gasteiger partial charge in [-0.25, -0.2) is 4.79 Å². The predicted octanol–water partition coefficient (Wildman–Crippen LogP) is 4.19. The summed E-state index contributed by atoms with van der Waals surface area (Å²) in [4.78, 5) is 51.2. The van der Waals surface area contributed by atoms with Crippen molar-refractivity contribution in [1.29, 1.82) is 0 Å². The van der Waals surface area contributed by atoms with Gasteiger partial charge >= 0.3 is 5.69 Å². The molecule has 2 aromatic heterocycles. The predicted molar refractivity (Wildman–Crippen MR) is 142 cm³/mol. The first kappa shape index (κ1) is 26.2. The average molecular weight is 543 g/mol. The number of anilines is 1. The topological polar surface area (TPSA) is 115 Å². The number of para-hydroxylation sites is 1. The fourth-order valence-corrected chi connectivity index (χ4v) is 4.34. The number of rotatable bonds is 10. The highest BCUT2D eigenvalue weighted by Crippen LogP contribution is 2.25. The molecule has 0 aliphatic rings. The van der Waals surface area contributed by atoms with Gasteiger partial charge < -0.3 is 15.1 Å². The Bertz CT molecular complexity index is 1540. The molecule has 0 atom stereocenters. The molecule has 4 aromatic rings. The van der Waals surface area contributed by atoms with Crippen LogP contribution in [0, 0.1) is 0 Å². The Morgan fingerprint density at radius 1 is 0.919 bits per heavy atom. The highest BCUT2D eigenvalue weighted by Gasteiger charge is 2.16. The van der Waals surface area contributed by atoms with Crippen LogP contribution < -0.4 is 21.9 Å². The molecule has 2 aromatic carbocycles. The SMILES string of the molecule is O=C(CCCCn1c(=O)c2ccccc2n(CC(=O)Nc2ccc(Cl)cc2Cl)c1=O)NCc1ccco1. The van der Waals surface area contributed by atoms with E-state index in [1.165, 1.54) is 16.9 Å². The number of furan rings is 1. The minimum Gasteiger partial charge on any atom is -0.467 e. The molecule has 0 saturated heterocycles. The molecule has 4 rings (SSSR count). The lowest BCUT2D eigenvalue weighted by molar-refractivity contribution is -0.121. The lowest BCUT2D eigenvalue weighted by Gasteiger charge is -2.14. The number of carbonyl (C=O) groups is 2. The Morgan fingerprint density at radius 2 is 1.73 bits per heavy atom. The van der Waals surface area contributed by atoms with E-state index in [9.17, 15) is 19.2 Å². The molecule has 11 heteroatoms. The summed E-state index contributed by atoms with van der Waals surface area (Å²) in [5, 5.41) is 6.43. The summed E-state index contributed by atoms with van der Waals surface area (Å²) in [6.45, 7) is 0.0797. The van der Waals surface area contributed by atoms with Gasteiger partial charge in [-0.1, -0.05) is 35.3 Å². The molecule has 2 heterocycles. The highest BCUT2D eigenvalue weighted by molar-refractivity contribution is 6.36. The van der Waals surface area contributed by atoms with Crippen LogP contribution >= 0.6 is 23.2 Å². The van der Waals surface area contributed by atoms with E-state index >= 15 is 0 Å². The molecule has 0 bridgehead atoms. The smallest absolute Gasteiger partial charge is 0.331 e. The molecule has 0 unspecified atom stereocenters. The maximum absolute atomic E-state index is 13.3. The summed E-state index contributed by atoms with van der Waals surface area (Å²) in [7, 11) is 0. The number of fused-ring (bicyclic) bond motifs is 1. The molecular weight excluding hydrogens is 519 g/mol. The molecule has 0 radical (unpaired) electrons. The van der Waals surface area contributed by atoms with Crippen molar-refractivity contribution >= 4 is 51.6 Å². The zero-order chi connectivity index (χ0) is 26.4. The summed E-state index contributed by atoms with van der Waals surface area (Å²) < 4.78 is 7.54. The number of halogens is 2. The number of hydrogen-bond acceptors (Lipinski definition) is 5. The van der Waals surface area contributed by atoms with Gasteiger partial charge in [-0.05, 0) is 55.3 Å². The van der Waals surface area contributed by atoms with Crippen LogP contribution in [0.25, 0.3) is 10.9 Å². The molecule has 2 N–H and O–H groups in total. The van der Waals surface area contributed by atoms with E-state index in [0.29, 0.717) is 46.8 Å². The normalized spacial score (nSPS) is 11.0. The molecule has 0 saturated carbocycles. The number of aromatic nitrogens is 2. The second kappa shape index (κ2) is 11.9. The molecule has 2 amide bonds. The number of carbonyl (C=O) groups excluding carboxylic acids is 2. The van der Waals surface area contributed by atoms with Crippen LogP contribution in [0.3, 0.4) is 0 Å². The molecule has 9 nitrogen and oxygen atoms in total. The van der Waals surface area contributed by atoms with Crippen molar-refractivity contribution in [1.82, 2.24) is 14.5 Å². The first-order valence-corrected chi connectivity index (χ1v) is 12.4. The quantitative estimate of drug-likeness (QED) is 0.291. The Balaban J connectivity index is 1.46. The van der Waals surface area contributed by atoms with E-state index in [1.54, 1.807) is 48.5 Å². The van der Waals surface area contributed by atoms with Crippen molar-refractivity contribution in [3.63, 3.8) is 0 Å². The number of hydrogen-bond donors (Lipinski definition) is 2. The lowest BCUT2D eigenvalue weighted by Crippen LogP contribution is -2.41. The Hall–Kier alpha value is -3.82. The van der Waals surface area contributed by atoms with E-state index in [0.717, 1.165) is 4.57 Å². The van der Waals surface area contributed by atoms with Crippen LogP contribution in [0.5, 0.6) is 0 Å². The van der Waals surface area contributed by atoms with Crippen LogP contribution in [-0.4, -0.2) is 20.9 Å².